The van der Waals surface area contributed by atoms with Gasteiger partial charge in [0.05, 0.1) is 5.52 Å². The van der Waals surface area contributed by atoms with Crippen LogP contribution in [-0.2, 0) is 6.54 Å². The van der Waals surface area contributed by atoms with Crippen LogP contribution in [-0.4, -0.2) is 41.0 Å². The first kappa shape index (κ1) is 18.6. The fraction of sp³-hybridized carbons (Fsp3) is 0.238. The maximum Gasteiger partial charge on any atom is 0.301 e. The number of pyridine rings is 1. The van der Waals surface area contributed by atoms with E-state index in [1.165, 1.54) is 0 Å². The van der Waals surface area contributed by atoms with Crippen molar-refractivity contribution in [3.8, 4) is 6.07 Å². The molecule has 0 bridgehead atoms. The summed E-state index contributed by atoms with van der Waals surface area (Å²) >= 11 is 0. The summed E-state index contributed by atoms with van der Waals surface area (Å²) in [5, 5.41) is 20.2. The average molecular weight is 363 g/mol. The molecule has 0 aliphatic heterocycles. The second-order valence-electron chi connectivity index (χ2n) is 6.46. The van der Waals surface area contributed by atoms with E-state index in [-0.39, 0.29) is 12.2 Å². The van der Waals surface area contributed by atoms with Crippen molar-refractivity contribution in [1.29, 1.82) is 5.26 Å². The van der Waals surface area contributed by atoms with Gasteiger partial charge in [-0.05, 0) is 24.7 Å². The zero-order valence-electron chi connectivity index (χ0n) is 15.1. The normalized spacial score (nSPS) is 12.1. The molecule has 27 heavy (non-hydrogen) atoms. The lowest BCUT2D eigenvalue weighted by Crippen LogP contribution is -2.38. The number of aliphatic hydroxyl groups excluding tert-OH is 1. The lowest BCUT2D eigenvalue weighted by Gasteiger charge is -2.21. The minimum atomic E-state index is -0.782. The first-order chi connectivity index (χ1) is 13.1. The summed E-state index contributed by atoms with van der Waals surface area (Å²) in [4.78, 5) is 20.0. The maximum atomic E-state index is 12.4. The molecule has 0 radical (unpaired) electrons. The van der Waals surface area contributed by atoms with Gasteiger partial charge in [-0.15, -0.1) is 4.73 Å². The number of hydrogen-bond acceptors (Lipinski definition) is 5. The van der Waals surface area contributed by atoms with Gasteiger partial charge >= 0.3 is 5.56 Å². The van der Waals surface area contributed by atoms with Gasteiger partial charge in [0.1, 0.15) is 24.3 Å². The van der Waals surface area contributed by atoms with E-state index in [0.29, 0.717) is 18.6 Å². The molecule has 0 amide bonds. The molecule has 0 saturated heterocycles. The molecule has 138 valence electrons. The van der Waals surface area contributed by atoms with E-state index in [1.807, 2.05) is 54.4 Å². The molecule has 1 unspecified atom stereocenters. The van der Waals surface area contributed by atoms with Gasteiger partial charge in [0.2, 0.25) is 0 Å². The number of nitrogens with zero attached hydrogens (tertiary/aromatic N) is 3. The molecular formula is C21H21N3O3. The molecule has 3 rings (SSSR count). The molecule has 0 spiro atoms. The first-order valence-electron chi connectivity index (χ1n) is 8.67. The monoisotopic (exact) mass is 363 g/mol. The molecular weight excluding hydrogens is 342 g/mol. The summed E-state index contributed by atoms with van der Waals surface area (Å²) in [6.07, 6.45) is -0.782. The Morgan fingerprint density at radius 2 is 1.89 bits per heavy atom. The maximum absolute atomic E-state index is 12.4. The standard InChI is InChI=1S/C21H21N3O3/c1-23(13-16-7-3-2-4-8-16)14-19(25)15-27-24-20-10-6-5-9-17(20)11-18(12-22)21(24)26/h2-11,19,25H,13-15H2,1H3. The predicted molar refractivity (Wildman–Crippen MR) is 103 cm³/mol. The highest BCUT2D eigenvalue weighted by molar-refractivity contribution is 5.79. The SMILES string of the molecule is CN(Cc1ccccc1)CC(O)COn1c(=O)c(C#N)cc2ccccc21. The number of rotatable bonds is 7. The molecule has 6 nitrogen and oxygen atoms in total. The highest BCUT2D eigenvalue weighted by atomic mass is 16.7. The van der Waals surface area contributed by atoms with Crippen molar-refractivity contribution in [3.63, 3.8) is 0 Å². The Labute approximate surface area is 157 Å². The van der Waals surface area contributed by atoms with E-state index >= 15 is 0 Å². The Morgan fingerprint density at radius 3 is 2.63 bits per heavy atom. The minimum absolute atomic E-state index is 0.00406. The van der Waals surface area contributed by atoms with Crippen LogP contribution in [0.4, 0.5) is 0 Å². The van der Waals surface area contributed by atoms with Crippen LogP contribution in [0.25, 0.3) is 10.9 Å². The van der Waals surface area contributed by atoms with E-state index in [0.717, 1.165) is 15.7 Å². The fourth-order valence-electron chi connectivity index (χ4n) is 2.97. The van der Waals surface area contributed by atoms with Crippen LogP contribution >= 0.6 is 0 Å². The van der Waals surface area contributed by atoms with Crippen LogP contribution in [0.5, 0.6) is 0 Å². The van der Waals surface area contributed by atoms with Crippen molar-refractivity contribution in [1.82, 2.24) is 9.63 Å². The lowest BCUT2D eigenvalue weighted by atomic mass is 10.2. The fourth-order valence-corrected chi connectivity index (χ4v) is 2.97. The molecule has 0 fully saturated rings. The molecule has 1 atom stereocenters. The molecule has 6 heteroatoms. The Morgan fingerprint density at radius 1 is 1.19 bits per heavy atom. The van der Waals surface area contributed by atoms with Crippen molar-refractivity contribution in [2.75, 3.05) is 20.2 Å². The molecule has 0 saturated carbocycles. The number of hydrogen-bond donors (Lipinski definition) is 1. The second-order valence-corrected chi connectivity index (χ2v) is 6.46. The number of aliphatic hydroxyl groups is 1. The number of aromatic nitrogens is 1. The van der Waals surface area contributed by atoms with Crippen LogP contribution in [0.3, 0.4) is 0 Å². The van der Waals surface area contributed by atoms with Crippen molar-refractivity contribution in [3.05, 3.63) is 82.1 Å². The number of benzene rings is 2. The summed E-state index contributed by atoms with van der Waals surface area (Å²) in [5.41, 5.74) is 1.19. The van der Waals surface area contributed by atoms with E-state index in [4.69, 9.17) is 10.1 Å². The van der Waals surface area contributed by atoms with Crippen molar-refractivity contribution < 1.29 is 9.94 Å². The summed E-state index contributed by atoms with van der Waals surface area (Å²) in [5.74, 6) is 0. The summed E-state index contributed by atoms with van der Waals surface area (Å²) in [6.45, 7) is 1.03. The van der Waals surface area contributed by atoms with Crippen LogP contribution < -0.4 is 10.4 Å². The number of nitriles is 1. The molecule has 0 aliphatic carbocycles. The molecule has 3 aromatic rings. The smallest absolute Gasteiger partial charge is 0.301 e. The van der Waals surface area contributed by atoms with Gasteiger partial charge in [-0.3, -0.25) is 9.69 Å². The van der Waals surface area contributed by atoms with Crippen molar-refractivity contribution >= 4 is 10.9 Å². The van der Waals surface area contributed by atoms with E-state index < -0.39 is 11.7 Å². The minimum Gasteiger partial charge on any atom is -0.407 e. The third-order valence-corrected chi connectivity index (χ3v) is 4.20. The summed E-state index contributed by atoms with van der Waals surface area (Å²) < 4.78 is 1.09. The topological polar surface area (TPSA) is 78.5 Å². The zero-order valence-corrected chi connectivity index (χ0v) is 15.1. The zero-order chi connectivity index (χ0) is 19.2. The molecule has 2 aromatic carbocycles. The van der Waals surface area contributed by atoms with E-state index in [2.05, 4.69) is 0 Å². The Balaban J connectivity index is 1.68. The number of para-hydroxylation sites is 1. The molecule has 0 aliphatic rings. The largest absolute Gasteiger partial charge is 0.407 e. The van der Waals surface area contributed by atoms with E-state index in [1.54, 1.807) is 24.3 Å². The predicted octanol–water partition coefficient (Wildman–Crippen LogP) is 1.79. The van der Waals surface area contributed by atoms with Gasteiger partial charge < -0.3 is 9.94 Å². The van der Waals surface area contributed by atoms with Gasteiger partial charge in [0.25, 0.3) is 0 Å². The summed E-state index contributed by atoms with van der Waals surface area (Å²) in [6, 6.07) is 20.6. The van der Waals surface area contributed by atoms with Crippen LogP contribution in [0.15, 0.2) is 65.5 Å². The van der Waals surface area contributed by atoms with Crippen LogP contribution in [0.1, 0.15) is 11.1 Å². The van der Waals surface area contributed by atoms with Gasteiger partial charge in [0, 0.05) is 18.5 Å². The highest BCUT2D eigenvalue weighted by Crippen LogP contribution is 2.12. The van der Waals surface area contributed by atoms with Crippen LogP contribution in [0, 0.1) is 11.3 Å². The van der Waals surface area contributed by atoms with Crippen molar-refractivity contribution in [2.24, 2.45) is 0 Å². The third-order valence-electron chi connectivity index (χ3n) is 4.20. The number of fused-ring (bicyclic) bond motifs is 1. The first-order valence-corrected chi connectivity index (χ1v) is 8.67. The molecule has 1 N–H and O–H groups in total. The van der Waals surface area contributed by atoms with Gasteiger partial charge in [-0.2, -0.15) is 5.26 Å². The van der Waals surface area contributed by atoms with E-state index in [9.17, 15) is 9.90 Å². The third kappa shape index (κ3) is 4.53. The Hall–Kier alpha value is -3.14. The molecule has 1 heterocycles. The lowest BCUT2D eigenvalue weighted by molar-refractivity contribution is 0.0125. The van der Waals surface area contributed by atoms with Crippen molar-refractivity contribution in [2.45, 2.75) is 12.6 Å². The van der Waals surface area contributed by atoms with Gasteiger partial charge in [-0.25, -0.2) is 0 Å². The quantitative estimate of drug-likeness (QED) is 0.692. The summed E-state index contributed by atoms with van der Waals surface area (Å²) in [7, 11) is 1.91. The Bertz CT molecular complexity index is 1010. The van der Waals surface area contributed by atoms with Crippen LogP contribution in [0.2, 0.25) is 0 Å². The average Bonchev–Trinajstić information content (AvgIpc) is 2.67. The molecule has 1 aromatic heterocycles. The van der Waals surface area contributed by atoms with Gasteiger partial charge in [0.15, 0.2) is 0 Å². The van der Waals surface area contributed by atoms with Gasteiger partial charge in [-0.1, -0.05) is 48.5 Å². The Kier molecular flexibility index (Phi) is 5.87. The highest BCUT2D eigenvalue weighted by Gasteiger charge is 2.13. The second kappa shape index (κ2) is 8.49. The number of likely N-dealkylation sites (N-methyl/N-ethyl adjacent to an activating group) is 1.